The second-order valence-corrected chi connectivity index (χ2v) is 6.39. The maximum absolute atomic E-state index is 12.2. The van der Waals surface area contributed by atoms with Crippen molar-refractivity contribution in [3.63, 3.8) is 0 Å². The highest BCUT2D eigenvalue weighted by Gasteiger charge is 2.52. The summed E-state index contributed by atoms with van der Waals surface area (Å²) in [5.41, 5.74) is -0.503. The number of carbonyl (C=O) groups is 2. The number of ketones is 1. The topological polar surface area (TPSA) is 46.6 Å². The molecule has 0 bridgehead atoms. The molecule has 0 N–H and O–H groups in total. The Hall–Kier alpha value is -1.06. The van der Waals surface area contributed by atoms with Gasteiger partial charge >= 0.3 is 6.09 Å². The van der Waals surface area contributed by atoms with E-state index in [4.69, 9.17) is 4.74 Å². The lowest BCUT2D eigenvalue weighted by Crippen LogP contribution is -2.51. The molecule has 1 saturated heterocycles. The maximum atomic E-state index is 12.2. The lowest BCUT2D eigenvalue weighted by atomic mass is 9.97. The summed E-state index contributed by atoms with van der Waals surface area (Å²) in [5.74, 6) is 1.22. The Balaban J connectivity index is 2.09. The average molecular weight is 253 g/mol. The van der Waals surface area contributed by atoms with Crippen LogP contribution in [0.2, 0.25) is 0 Å². The van der Waals surface area contributed by atoms with Gasteiger partial charge in [-0.15, -0.1) is 0 Å². The minimum Gasteiger partial charge on any atom is -0.444 e. The Morgan fingerprint density at radius 1 is 1.33 bits per heavy atom. The van der Waals surface area contributed by atoms with Crippen molar-refractivity contribution in [2.45, 2.75) is 58.6 Å². The van der Waals surface area contributed by atoms with E-state index >= 15 is 0 Å². The number of likely N-dealkylation sites (tertiary alicyclic amines) is 1. The monoisotopic (exact) mass is 253 g/mol. The van der Waals surface area contributed by atoms with E-state index in [1.54, 1.807) is 4.90 Å². The molecular weight excluding hydrogens is 230 g/mol. The minimum absolute atomic E-state index is 0.174. The van der Waals surface area contributed by atoms with Crippen LogP contribution in [0, 0.1) is 11.8 Å². The summed E-state index contributed by atoms with van der Waals surface area (Å²) in [6, 6.07) is -0.233. The number of piperidine rings is 1. The number of Topliss-reactive ketones (excluding diaryl/α,β-unsaturated/α-hetero) is 1. The number of amides is 1. The van der Waals surface area contributed by atoms with Gasteiger partial charge in [0.2, 0.25) is 0 Å². The van der Waals surface area contributed by atoms with E-state index < -0.39 is 5.60 Å². The van der Waals surface area contributed by atoms with Crippen LogP contribution in [0.4, 0.5) is 4.79 Å². The number of carbonyl (C=O) groups excluding carboxylic acids is 2. The van der Waals surface area contributed by atoms with E-state index in [0.717, 1.165) is 12.8 Å². The third kappa shape index (κ3) is 2.68. The van der Waals surface area contributed by atoms with Crippen molar-refractivity contribution in [2.75, 3.05) is 6.54 Å². The summed E-state index contributed by atoms with van der Waals surface area (Å²) in [5, 5.41) is 0. The van der Waals surface area contributed by atoms with Crippen LogP contribution in [0.3, 0.4) is 0 Å². The van der Waals surface area contributed by atoms with Crippen LogP contribution in [0.5, 0.6) is 0 Å². The van der Waals surface area contributed by atoms with Crippen LogP contribution >= 0.6 is 0 Å². The summed E-state index contributed by atoms with van der Waals surface area (Å²) in [6.07, 6.45) is 2.26. The van der Waals surface area contributed by atoms with Gasteiger partial charge in [0.05, 0.1) is 6.04 Å². The number of ether oxygens (including phenoxy) is 1. The van der Waals surface area contributed by atoms with Crippen LogP contribution in [-0.2, 0) is 9.53 Å². The van der Waals surface area contributed by atoms with E-state index in [1.807, 2.05) is 27.7 Å². The molecule has 1 amide bonds. The van der Waals surface area contributed by atoms with Crippen molar-refractivity contribution in [3.05, 3.63) is 0 Å². The lowest BCUT2D eigenvalue weighted by Gasteiger charge is -2.35. The molecule has 0 radical (unpaired) electrons. The van der Waals surface area contributed by atoms with Crippen LogP contribution in [-0.4, -0.2) is 35.0 Å². The summed E-state index contributed by atoms with van der Waals surface area (Å²) in [4.78, 5) is 25.9. The zero-order valence-electron chi connectivity index (χ0n) is 11.7. The molecule has 18 heavy (non-hydrogen) atoms. The molecule has 1 saturated carbocycles. The number of hydrogen-bond donors (Lipinski definition) is 0. The standard InChI is InChI=1S/C14H23NO3/c1-5-11(16)12-10-8-9(10)6-7-15(12)13(17)18-14(2,3)4/h9-10,12H,5-8H2,1-4H3/t9?,10-,12?/m1/s1. The van der Waals surface area contributed by atoms with E-state index in [9.17, 15) is 9.59 Å². The highest BCUT2D eigenvalue weighted by molar-refractivity contribution is 5.88. The first-order chi connectivity index (χ1) is 8.33. The van der Waals surface area contributed by atoms with Gasteiger partial charge in [-0.3, -0.25) is 9.69 Å². The summed E-state index contributed by atoms with van der Waals surface area (Å²) in [6.45, 7) is 8.08. The number of nitrogens with zero attached hydrogens (tertiary/aromatic N) is 1. The molecule has 4 nitrogen and oxygen atoms in total. The fraction of sp³-hybridized carbons (Fsp3) is 0.857. The van der Waals surface area contributed by atoms with Gasteiger partial charge in [-0.05, 0) is 45.4 Å². The van der Waals surface area contributed by atoms with Crippen LogP contribution < -0.4 is 0 Å². The quantitative estimate of drug-likeness (QED) is 0.760. The maximum Gasteiger partial charge on any atom is 0.410 e. The highest BCUT2D eigenvalue weighted by atomic mass is 16.6. The zero-order chi connectivity index (χ0) is 13.5. The van der Waals surface area contributed by atoms with Crippen molar-refractivity contribution in [2.24, 2.45) is 11.8 Å². The van der Waals surface area contributed by atoms with Gasteiger partial charge in [0, 0.05) is 13.0 Å². The molecule has 1 aliphatic heterocycles. The molecule has 102 valence electrons. The normalized spacial score (nSPS) is 30.7. The first-order valence-electron chi connectivity index (χ1n) is 6.86. The largest absolute Gasteiger partial charge is 0.444 e. The molecule has 0 aromatic rings. The first kappa shape index (κ1) is 13.4. The van der Waals surface area contributed by atoms with Crippen molar-refractivity contribution < 1.29 is 14.3 Å². The molecule has 1 aliphatic carbocycles. The van der Waals surface area contributed by atoms with Gasteiger partial charge in [-0.2, -0.15) is 0 Å². The Labute approximate surface area is 109 Å². The smallest absolute Gasteiger partial charge is 0.410 e. The third-order valence-corrected chi connectivity index (χ3v) is 3.77. The second-order valence-electron chi connectivity index (χ2n) is 6.39. The summed E-state index contributed by atoms with van der Waals surface area (Å²) >= 11 is 0. The molecule has 4 heteroatoms. The Morgan fingerprint density at radius 2 is 2.00 bits per heavy atom. The van der Waals surface area contributed by atoms with Gasteiger partial charge in [0.1, 0.15) is 5.60 Å². The van der Waals surface area contributed by atoms with E-state index in [1.165, 1.54) is 0 Å². The number of hydrogen-bond acceptors (Lipinski definition) is 3. The third-order valence-electron chi connectivity index (χ3n) is 3.77. The number of fused-ring (bicyclic) bond motifs is 1. The molecule has 0 aromatic heterocycles. The van der Waals surface area contributed by atoms with Gasteiger partial charge in [-0.25, -0.2) is 4.79 Å². The fourth-order valence-corrected chi connectivity index (χ4v) is 2.81. The van der Waals surface area contributed by atoms with Crippen LogP contribution in [0.15, 0.2) is 0 Å². The average Bonchev–Trinajstić information content (AvgIpc) is 3.02. The first-order valence-corrected chi connectivity index (χ1v) is 6.86. The molecule has 2 rings (SSSR count). The molecule has 0 spiro atoms. The Bertz CT molecular complexity index is 359. The highest BCUT2D eigenvalue weighted by Crippen LogP contribution is 2.49. The molecule has 0 aromatic carbocycles. The van der Waals surface area contributed by atoms with Crippen molar-refractivity contribution >= 4 is 11.9 Å². The molecule has 2 unspecified atom stereocenters. The molecule has 1 heterocycles. The molecular formula is C14H23NO3. The predicted molar refractivity (Wildman–Crippen MR) is 68.2 cm³/mol. The molecule has 2 aliphatic rings. The SMILES string of the molecule is CCC(=O)C1[C@@H]2CC2CCN1C(=O)OC(C)(C)C. The van der Waals surface area contributed by atoms with Crippen LogP contribution in [0.1, 0.15) is 47.0 Å². The number of rotatable bonds is 2. The van der Waals surface area contributed by atoms with Crippen molar-refractivity contribution in [1.29, 1.82) is 0 Å². The zero-order valence-corrected chi connectivity index (χ0v) is 11.7. The van der Waals surface area contributed by atoms with E-state index in [-0.39, 0.29) is 17.9 Å². The second kappa shape index (κ2) is 4.56. The Morgan fingerprint density at radius 3 is 2.56 bits per heavy atom. The lowest BCUT2D eigenvalue weighted by molar-refractivity contribution is -0.125. The fourth-order valence-electron chi connectivity index (χ4n) is 2.81. The Kier molecular flexibility index (Phi) is 3.39. The van der Waals surface area contributed by atoms with Crippen molar-refractivity contribution in [1.82, 2.24) is 4.90 Å². The van der Waals surface area contributed by atoms with E-state index in [0.29, 0.717) is 24.8 Å². The summed E-state index contributed by atoms with van der Waals surface area (Å²) in [7, 11) is 0. The molecule has 2 fully saturated rings. The van der Waals surface area contributed by atoms with Crippen molar-refractivity contribution in [3.8, 4) is 0 Å². The molecule has 3 atom stereocenters. The minimum atomic E-state index is -0.503. The summed E-state index contributed by atoms with van der Waals surface area (Å²) < 4.78 is 5.40. The predicted octanol–water partition coefficient (Wildman–Crippen LogP) is 2.61. The van der Waals surface area contributed by atoms with E-state index in [2.05, 4.69) is 0 Å². The van der Waals surface area contributed by atoms with Gasteiger partial charge in [0.15, 0.2) is 5.78 Å². The van der Waals surface area contributed by atoms with Gasteiger partial charge < -0.3 is 4.74 Å². The van der Waals surface area contributed by atoms with Crippen LogP contribution in [0.25, 0.3) is 0 Å². The van der Waals surface area contributed by atoms with Gasteiger partial charge in [0.25, 0.3) is 0 Å². The van der Waals surface area contributed by atoms with Gasteiger partial charge in [-0.1, -0.05) is 6.92 Å².